The predicted molar refractivity (Wildman–Crippen MR) is 171 cm³/mol. The fraction of sp³-hybridized carbons (Fsp3) is 0.394. The Morgan fingerprint density at radius 2 is 1.58 bits per heavy atom. The Balaban J connectivity index is 1.71. The number of rotatable bonds is 16. The number of aliphatic hydroxyl groups is 1. The largest absolute Gasteiger partial charge is 0.453 e. The SMILES string of the molecule is COC(=O)N[C@H](C(=O)NCCCC[C@@H](CO)N(CC(C)C)S(=O)(=O)c1ccc(N)c(F)c1)C(c1ccccc1)c1ccccc1. The van der Waals surface area contributed by atoms with Gasteiger partial charge in [0.15, 0.2) is 0 Å². The van der Waals surface area contributed by atoms with Crippen LogP contribution in [0.1, 0.15) is 50.2 Å². The smallest absolute Gasteiger partial charge is 0.407 e. The van der Waals surface area contributed by atoms with Gasteiger partial charge in [0.1, 0.15) is 11.9 Å². The van der Waals surface area contributed by atoms with Crippen molar-refractivity contribution < 1.29 is 32.2 Å². The number of benzene rings is 3. The monoisotopic (exact) mass is 642 g/mol. The van der Waals surface area contributed by atoms with Crippen LogP contribution in [0, 0.1) is 11.7 Å². The first-order valence-corrected chi connectivity index (χ1v) is 16.3. The van der Waals surface area contributed by atoms with E-state index < -0.39 is 52.4 Å². The quantitative estimate of drug-likeness (QED) is 0.135. The van der Waals surface area contributed by atoms with Crippen LogP contribution in [0.15, 0.2) is 83.8 Å². The molecule has 0 spiro atoms. The summed E-state index contributed by atoms with van der Waals surface area (Å²) in [5, 5.41) is 15.8. The van der Waals surface area contributed by atoms with Crippen molar-refractivity contribution in [3.8, 4) is 0 Å². The molecule has 0 unspecified atom stereocenters. The second kappa shape index (κ2) is 16.9. The molecule has 0 aliphatic rings. The molecule has 45 heavy (non-hydrogen) atoms. The standard InChI is InChI=1S/C33H43FN4O6S/c1-23(2)21-38(45(42,43)27-17-18-29(35)28(34)20-27)26(22-39)16-10-11-19-36-32(40)31(37-33(41)44-3)30(24-12-6-4-7-13-24)25-14-8-5-9-15-25/h4-9,12-15,17-18,20,23,26,30-31,39H,10-11,16,19,21-22,35H2,1-3H3,(H,36,40)(H,37,41)/t26-,31-/m0/s1. The molecule has 12 heteroatoms. The molecule has 3 aromatic rings. The summed E-state index contributed by atoms with van der Waals surface area (Å²) in [5.41, 5.74) is 7.04. The Morgan fingerprint density at radius 3 is 2.09 bits per heavy atom. The first kappa shape index (κ1) is 35.5. The van der Waals surface area contributed by atoms with E-state index in [1.165, 1.54) is 23.5 Å². The van der Waals surface area contributed by atoms with Gasteiger partial charge in [-0.15, -0.1) is 0 Å². The molecular formula is C33H43FN4O6S. The highest BCUT2D eigenvalue weighted by molar-refractivity contribution is 7.89. The number of carbonyl (C=O) groups excluding carboxylic acids is 2. The predicted octanol–water partition coefficient (Wildman–Crippen LogP) is 4.26. The number of amides is 2. The number of methoxy groups -OCH3 is 1. The van der Waals surface area contributed by atoms with Gasteiger partial charge in [-0.3, -0.25) is 4.79 Å². The van der Waals surface area contributed by atoms with Gasteiger partial charge in [0.25, 0.3) is 0 Å². The van der Waals surface area contributed by atoms with Gasteiger partial charge in [-0.1, -0.05) is 80.9 Å². The van der Waals surface area contributed by atoms with Crippen LogP contribution in [-0.2, 0) is 19.6 Å². The van der Waals surface area contributed by atoms with Crippen molar-refractivity contribution in [2.24, 2.45) is 5.92 Å². The Kier molecular flexibility index (Phi) is 13.3. The first-order valence-electron chi connectivity index (χ1n) is 14.9. The zero-order chi connectivity index (χ0) is 33.0. The second-order valence-corrected chi connectivity index (χ2v) is 13.1. The van der Waals surface area contributed by atoms with Gasteiger partial charge < -0.3 is 26.2 Å². The van der Waals surface area contributed by atoms with Crippen LogP contribution in [0.3, 0.4) is 0 Å². The van der Waals surface area contributed by atoms with Crippen LogP contribution in [0.25, 0.3) is 0 Å². The molecule has 0 radical (unpaired) electrons. The van der Waals surface area contributed by atoms with Crippen LogP contribution in [0.2, 0.25) is 0 Å². The normalized spacial score (nSPS) is 13.1. The maximum atomic E-state index is 14.1. The number of alkyl carbamates (subject to hydrolysis) is 1. The number of nitrogens with zero attached hydrogens (tertiary/aromatic N) is 1. The zero-order valence-electron chi connectivity index (χ0n) is 25.9. The third kappa shape index (κ3) is 9.74. The Bertz CT molecular complexity index is 1450. The molecule has 10 nitrogen and oxygen atoms in total. The lowest BCUT2D eigenvalue weighted by Gasteiger charge is -2.31. The second-order valence-electron chi connectivity index (χ2n) is 11.2. The van der Waals surface area contributed by atoms with Crippen LogP contribution in [0.5, 0.6) is 0 Å². The maximum absolute atomic E-state index is 14.1. The summed E-state index contributed by atoms with van der Waals surface area (Å²) in [7, 11) is -2.90. The molecule has 0 aliphatic heterocycles. The van der Waals surface area contributed by atoms with Crippen LogP contribution in [0.4, 0.5) is 14.9 Å². The van der Waals surface area contributed by atoms with E-state index in [2.05, 4.69) is 10.6 Å². The van der Waals surface area contributed by atoms with Gasteiger partial charge in [-0.05, 0) is 48.1 Å². The molecule has 3 rings (SSSR count). The number of hydrogen-bond donors (Lipinski definition) is 4. The van der Waals surface area contributed by atoms with Gasteiger partial charge in [0.2, 0.25) is 15.9 Å². The number of sulfonamides is 1. The molecule has 244 valence electrons. The minimum atomic E-state index is -4.13. The highest BCUT2D eigenvalue weighted by Gasteiger charge is 2.34. The average Bonchev–Trinajstić information content (AvgIpc) is 3.03. The molecule has 3 aromatic carbocycles. The minimum absolute atomic E-state index is 0.0619. The molecule has 0 saturated heterocycles. The molecule has 2 amide bonds. The van der Waals surface area contributed by atoms with Crippen molar-refractivity contribution in [2.45, 2.75) is 56.0 Å². The fourth-order valence-corrected chi connectivity index (χ4v) is 6.97. The lowest BCUT2D eigenvalue weighted by Crippen LogP contribution is -2.50. The summed E-state index contributed by atoms with van der Waals surface area (Å²) in [6.45, 7) is 3.64. The molecule has 0 bridgehead atoms. The minimum Gasteiger partial charge on any atom is -0.453 e. The first-order chi connectivity index (χ1) is 21.5. The maximum Gasteiger partial charge on any atom is 0.407 e. The van der Waals surface area contributed by atoms with Gasteiger partial charge in [-0.2, -0.15) is 4.31 Å². The summed E-state index contributed by atoms with van der Waals surface area (Å²) in [4.78, 5) is 25.6. The number of unbranched alkanes of at least 4 members (excludes halogenated alkanes) is 1. The fourth-order valence-electron chi connectivity index (χ4n) is 5.14. The molecule has 0 aliphatic carbocycles. The van der Waals surface area contributed by atoms with Gasteiger partial charge in [-0.25, -0.2) is 17.6 Å². The van der Waals surface area contributed by atoms with Crippen molar-refractivity contribution >= 4 is 27.7 Å². The zero-order valence-corrected chi connectivity index (χ0v) is 26.7. The summed E-state index contributed by atoms with van der Waals surface area (Å²) in [5.74, 6) is -1.81. The molecular weight excluding hydrogens is 599 g/mol. The number of ether oxygens (including phenoxy) is 1. The summed E-state index contributed by atoms with van der Waals surface area (Å²) in [6, 6.07) is 20.4. The van der Waals surface area contributed by atoms with Crippen LogP contribution >= 0.6 is 0 Å². The summed E-state index contributed by atoms with van der Waals surface area (Å²) < 4.78 is 47.2. The van der Waals surface area contributed by atoms with Crippen molar-refractivity contribution in [2.75, 3.05) is 32.5 Å². The van der Waals surface area contributed by atoms with Crippen molar-refractivity contribution in [1.82, 2.24) is 14.9 Å². The van der Waals surface area contributed by atoms with Gasteiger partial charge in [0, 0.05) is 25.0 Å². The van der Waals surface area contributed by atoms with Crippen LogP contribution in [-0.4, -0.2) is 68.7 Å². The number of carbonyl (C=O) groups is 2. The third-order valence-electron chi connectivity index (χ3n) is 7.40. The lowest BCUT2D eigenvalue weighted by atomic mass is 9.84. The molecule has 0 heterocycles. The van der Waals surface area contributed by atoms with Crippen molar-refractivity contribution in [3.05, 3.63) is 95.8 Å². The molecule has 5 N–H and O–H groups in total. The Hall–Kier alpha value is -4.00. The van der Waals surface area contributed by atoms with E-state index in [1.54, 1.807) is 0 Å². The molecule has 0 saturated carbocycles. The van der Waals surface area contributed by atoms with Crippen molar-refractivity contribution in [3.63, 3.8) is 0 Å². The van der Waals surface area contributed by atoms with E-state index in [4.69, 9.17) is 10.5 Å². The highest BCUT2D eigenvalue weighted by atomic mass is 32.2. The van der Waals surface area contributed by atoms with Crippen molar-refractivity contribution in [1.29, 1.82) is 0 Å². The number of nitrogens with one attached hydrogen (secondary N) is 2. The van der Waals surface area contributed by atoms with E-state index in [0.717, 1.165) is 17.2 Å². The van der Waals surface area contributed by atoms with E-state index in [-0.39, 0.29) is 29.6 Å². The van der Waals surface area contributed by atoms with E-state index in [0.29, 0.717) is 19.3 Å². The topological polar surface area (TPSA) is 151 Å². The highest BCUT2D eigenvalue weighted by Crippen LogP contribution is 2.29. The Morgan fingerprint density at radius 1 is 0.978 bits per heavy atom. The van der Waals surface area contributed by atoms with Gasteiger partial charge in [0.05, 0.1) is 24.3 Å². The summed E-state index contributed by atoms with van der Waals surface area (Å²) >= 11 is 0. The third-order valence-corrected chi connectivity index (χ3v) is 9.31. The van der Waals surface area contributed by atoms with E-state index in [9.17, 15) is 27.5 Å². The molecule has 0 fully saturated rings. The Labute approximate surface area is 264 Å². The number of nitrogens with two attached hydrogens (primary N) is 1. The number of hydrogen-bond acceptors (Lipinski definition) is 7. The lowest BCUT2D eigenvalue weighted by molar-refractivity contribution is -0.123. The van der Waals surface area contributed by atoms with Crippen LogP contribution < -0.4 is 16.4 Å². The number of anilines is 1. The molecule has 0 aromatic heterocycles. The molecule has 2 atom stereocenters. The van der Waals surface area contributed by atoms with E-state index >= 15 is 0 Å². The number of nitrogen functional groups attached to an aromatic ring is 1. The average molecular weight is 643 g/mol. The summed E-state index contributed by atoms with van der Waals surface area (Å²) in [6.07, 6.45) is 0.503. The van der Waals surface area contributed by atoms with Gasteiger partial charge >= 0.3 is 6.09 Å². The number of halogens is 1. The van der Waals surface area contributed by atoms with E-state index in [1.807, 2.05) is 74.5 Å². The number of aliphatic hydroxyl groups excluding tert-OH is 1.